The SMILES string of the molecule is CCC/C=C\C/C=C\CCCCCCCC(=O)O[C@H](COC(=O)CCCCCCCCCCCCCCCC)COP(=O)(O)O[C@@H]1C(O[C@@H]2OC(CO[C@@H]3OC(CO[C@@H]4OC(CO[C@@H]5OC(CO)[C@H](O)C(O)[C@@H]5O)[C@H](O)C(O)[C@@H]4O)[C@H](O)C(O)[C@@H]3O)[C@H](O)C(O)[C@@H]2O)C(O)[C@@H](O)C(O)[C@H]1O[C@H]1OC(CO)[C@@H](O)C(O)[C@H]1O. The number of allylic oxidation sites excluding steroid dienone is 4. The number of esters is 2. The number of phosphoric ester groups is 1. The van der Waals surface area contributed by atoms with Crippen LogP contribution < -0.4 is 0 Å². The van der Waals surface area contributed by atoms with Gasteiger partial charge in [0.05, 0.1) is 39.6 Å². The fourth-order valence-corrected chi connectivity index (χ4v) is 14.6. The Balaban J connectivity index is 1.14. The van der Waals surface area contributed by atoms with Gasteiger partial charge in [-0.15, -0.1) is 0 Å². The van der Waals surface area contributed by atoms with Crippen molar-refractivity contribution in [3.63, 3.8) is 0 Å². The first kappa shape index (κ1) is 97.2. The summed E-state index contributed by atoms with van der Waals surface area (Å²) in [5, 5.41) is 217. The molecule has 5 saturated heterocycles. The lowest BCUT2D eigenvalue weighted by atomic mass is 9.84. The average molecular weight is 1630 g/mol. The molecule has 0 bridgehead atoms. The second-order valence-electron chi connectivity index (χ2n) is 29.4. The van der Waals surface area contributed by atoms with E-state index in [4.69, 9.17) is 65.9 Å². The van der Waals surface area contributed by atoms with Crippen molar-refractivity contribution in [1.82, 2.24) is 0 Å². The molecule has 0 spiro atoms. The van der Waals surface area contributed by atoms with Crippen molar-refractivity contribution in [2.24, 2.45) is 0 Å². The molecule has 21 N–H and O–H groups in total. The highest BCUT2D eigenvalue weighted by molar-refractivity contribution is 7.47. The molecule has 14 unspecified atom stereocenters. The molecule has 33 atom stereocenters. The van der Waals surface area contributed by atoms with Gasteiger partial charge in [-0.3, -0.25) is 18.6 Å². The molecule has 6 fully saturated rings. The first-order valence-corrected chi connectivity index (χ1v) is 40.7. The first-order valence-electron chi connectivity index (χ1n) is 39.2. The lowest BCUT2D eigenvalue weighted by Gasteiger charge is -2.49. The quantitative estimate of drug-likeness (QED) is 0.0123. The number of carbonyl (C=O) groups is 2. The molecule has 5 aliphatic heterocycles. The summed E-state index contributed by atoms with van der Waals surface area (Å²) >= 11 is 0. The normalized spacial score (nSPS) is 38.5. The Morgan fingerprint density at radius 3 is 1.10 bits per heavy atom. The molecule has 1 saturated carbocycles. The predicted octanol–water partition coefficient (Wildman–Crippen LogP) is -3.21. The molecular formula is C72H127O38P. The van der Waals surface area contributed by atoms with Crippen LogP contribution in [0.2, 0.25) is 0 Å². The van der Waals surface area contributed by atoms with Crippen LogP contribution in [0.25, 0.3) is 0 Å². The van der Waals surface area contributed by atoms with Crippen LogP contribution in [-0.2, 0) is 80.0 Å². The smallest absolute Gasteiger partial charge is 0.462 e. The van der Waals surface area contributed by atoms with Crippen LogP contribution in [0.1, 0.15) is 174 Å². The monoisotopic (exact) mass is 1630 g/mol. The van der Waals surface area contributed by atoms with Gasteiger partial charge >= 0.3 is 19.8 Å². The minimum absolute atomic E-state index is 0.0220. The highest BCUT2D eigenvalue weighted by Gasteiger charge is 2.59. The number of rotatable bonds is 50. The number of unbranched alkanes of at least 4 members (excludes halogenated alkanes) is 19. The summed E-state index contributed by atoms with van der Waals surface area (Å²) in [5.74, 6) is -1.49. The molecule has 39 heteroatoms. The molecular weight excluding hydrogens is 1500 g/mol. The van der Waals surface area contributed by atoms with E-state index in [0.717, 1.165) is 83.5 Å². The Bertz CT molecular complexity index is 2670. The van der Waals surface area contributed by atoms with Crippen molar-refractivity contribution < 1.29 is 187 Å². The Kier molecular flexibility index (Phi) is 44.0. The molecule has 6 aliphatic rings. The lowest BCUT2D eigenvalue weighted by Crippen LogP contribution is -2.69. The lowest BCUT2D eigenvalue weighted by molar-refractivity contribution is -0.365. The highest BCUT2D eigenvalue weighted by Crippen LogP contribution is 2.49. The fourth-order valence-electron chi connectivity index (χ4n) is 13.6. The Labute approximate surface area is 645 Å². The Hall–Kier alpha value is -2.67. The van der Waals surface area contributed by atoms with Gasteiger partial charge in [0, 0.05) is 12.8 Å². The van der Waals surface area contributed by atoms with Crippen LogP contribution in [-0.4, -0.2) is 361 Å². The minimum Gasteiger partial charge on any atom is -0.462 e. The van der Waals surface area contributed by atoms with Crippen molar-refractivity contribution in [2.75, 3.05) is 46.2 Å². The van der Waals surface area contributed by atoms with Crippen LogP contribution in [0, 0.1) is 0 Å². The third kappa shape index (κ3) is 30.0. The van der Waals surface area contributed by atoms with Gasteiger partial charge < -0.3 is 164 Å². The third-order valence-corrected chi connectivity index (χ3v) is 21.5. The van der Waals surface area contributed by atoms with E-state index in [1.807, 2.05) is 0 Å². The third-order valence-electron chi connectivity index (χ3n) is 20.5. The number of hydrogen-bond acceptors (Lipinski definition) is 37. The number of hydrogen-bond donors (Lipinski definition) is 21. The summed E-state index contributed by atoms with van der Waals surface area (Å²) in [5.41, 5.74) is 0. The molecule has 0 aromatic heterocycles. The highest BCUT2D eigenvalue weighted by atomic mass is 31.2. The maximum Gasteiger partial charge on any atom is 0.472 e. The maximum atomic E-state index is 14.5. The molecule has 111 heavy (non-hydrogen) atoms. The summed E-state index contributed by atoms with van der Waals surface area (Å²) < 4.78 is 92.8. The van der Waals surface area contributed by atoms with Crippen LogP contribution in [0.4, 0.5) is 0 Å². The topological polar surface area (TPSA) is 605 Å². The predicted molar refractivity (Wildman–Crippen MR) is 380 cm³/mol. The van der Waals surface area contributed by atoms with Gasteiger partial charge in [-0.1, -0.05) is 147 Å². The van der Waals surface area contributed by atoms with Gasteiger partial charge in [0.15, 0.2) is 37.6 Å². The van der Waals surface area contributed by atoms with E-state index in [1.54, 1.807) is 0 Å². The zero-order valence-corrected chi connectivity index (χ0v) is 64.1. The van der Waals surface area contributed by atoms with E-state index in [2.05, 4.69) is 38.2 Å². The Morgan fingerprint density at radius 2 is 0.694 bits per heavy atom. The van der Waals surface area contributed by atoms with Gasteiger partial charge in [-0.05, 0) is 38.5 Å². The van der Waals surface area contributed by atoms with E-state index < -0.39 is 262 Å². The van der Waals surface area contributed by atoms with E-state index in [-0.39, 0.29) is 12.8 Å². The van der Waals surface area contributed by atoms with E-state index in [0.29, 0.717) is 19.3 Å². The molecule has 6 rings (SSSR count). The van der Waals surface area contributed by atoms with Crippen molar-refractivity contribution >= 4 is 19.8 Å². The van der Waals surface area contributed by atoms with Crippen molar-refractivity contribution in [3.05, 3.63) is 24.3 Å². The second kappa shape index (κ2) is 50.3. The fraction of sp³-hybridized carbons (Fsp3) is 0.917. The molecule has 0 amide bonds. The molecule has 5 heterocycles. The molecule has 0 aromatic rings. The zero-order chi connectivity index (χ0) is 81.5. The first-order chi connectivity index (χ1) is 53.0. The van der Waals surface area contributed by atoms with E-state index >= 15 is 0 Å². The molecule has 0 radical (unpaired) electrons. The van der Waals surface area contributed by atoms with Crippen LogP contribution in [0.5, 0.6) is 0 Å². The maximum absolute atomic E-state index is 14.5. The van der Waals surface area contributed by atoms with E-state index in [1.165, 1.54) is 44.9 Å². The van der Waals surface area contributed by atoms with Gasteiger partial charge in [0.25, 0.3) is 0 Å². The number of aliphatic hydroxyl groups excluding tert-OH is 20. The molecule has 0 aromatic carbocycles. The summed E-state index contributed by atoms with van der Waals surface area (Å²) in [6.45, 7) is -2.00. The number of phosphoric acid groups is 1. The summed E-state index contributed by atoms with van der Waals surface area (Å²) in [7, 11) is -5.86. The number of aliphatic hydroxyl groups is 20. The van der Waals surface area contributed by atoms with Crippen LogP contribution in [0.3, 0.4) is 0 Å². The van der Waals surface area contributed by atoms with Gasteiger partial charge in [-0.25, -0.2) is 4.57 Å². The van der Waals surface area contributed by atoms with Crippen LogP contribution in [0.15, 0.2) is 24.3 Å². The van der Waals surface area contributed by atoms with Crippen LogP contribution >= 0.6 is 7.82 Å². The summed E-state index contributed by atoms with van der Waals surface area (Å²) in [6.07, 6.45) is -35.7. The molecule has 38 nitrogen and oxygen atoms in total. The van der Waals surface area contributed by atoms with Gasteiger partial charge in [0.2, 0.25) is 0 Å². The van der Waals surface area contributed by atoms with Gasteiger partial charge in [0.1, 0.15) is 165 Å². The standard InChI is InChI=1S/C72H127O38P/c1-3-5-7-9-11-13-15-17-19-20-22-24-26-28-30-45(75)97-34-39(102-46(76)31-29-27-25-23-21-18-16-14-12-10-8-6-4-2)35-101-111(95,96)110-67-65(108-71-63(93)53(83)48(78)41(33-74)104-71)58(88)57(87)59(89)66(67)109-72-64(94)56(86)51(81)44(107-72)38-100-70-62(92)55(85)50(80)43(106-70)37-99-69-61(91)54(84)49(79)42(105-69)36-98-68-60(90)52(82)47(77)40(32-73)103-68/h8,10,14,16,39-44,47-74,77-94H,3-7,9,11-13,15,17-38H2,1-2H3,(H,95,96)/b10-8-,16-14-/t39-,40?,41?,42?,43?,44?,47+,48-,49+,50+,51+,52?,53?,54?,55?,56?,57+,58?,59?,60+,61+,62+,63-,64+,65-,66?,67+,68-,69-,70-,71-,72+/m1/s1. The zero-order valence-electron chi connectivity index (χ0n) is 63.2. The van der Waals surface area contributed by atoms with E-state index in [9.17, 15) is 121 Å². The number of carbonyl (C=O) groups excluding carboxylic acids is 2. The van der Waals surface area contributed by atoms with Crippen molar-refractivity contribution in [1.29, 1.82) is 0 Å². The summed E-state index contributed by atoms with van der Waals surface area (Å²) in [4.78, 5) is 38.3. The number of ether oxygens (including phenoxy) is 12. The largest absolute Gasteiger partial charge is 0.472 e. The van der Waals surface area contributed by atoms with Crippen molar-refractivity contribution in [2.45, 2.75) is 371 Å². The average Bonchev–Trinajstić information content (AvgIpc) is 0.761. The molecule has 1 aliphatic carbocycles. The van der Waals surface area contributed by atoms with Gasteiger partial charge in [-0.2, -0.15) is 0 Å². The van der Waals surface area contributed by atoms with Crippen molar-refractivity contribution in [3.8, 4) is 0 Å². The Morgan fingerprint density at radius 1 is 0.360 bits per heavy atom. The second-order valence-corrected chi connectivity index (χ2v) is 30.8. The molecule has 648 valence electrons. The minimum atomic E-state index is -5.86. The summed E-state index contributed by atoms with van der Waals surface area (Å²) in [6, 6.07) is 0.